The molecule has 1 unspecified atom stereocenters. The number of nitrogens with one attached hydrogen (secondary N) is 1. The van der Waals surface area contributed by atoms with Crippen molar-refractivity contribution >= 4 is 5.84 Å². The van der Waals surface area contributed by atoms with Crippen LogP contribution in [-0.4, -0.2) is 37.5 Å². The number of likely N-dealkylation sites (N-methyl/N-ethyl adjacent to an activating group) is 1. The average molecular weight is 261 g/mol. The summed E-state index contributed by atoms with van der Waals surface area (Å²) in [6.45, 7) is 4.63. The van der Waals surface area contributed by atoms with Crippen LogP contribution in [0.3, 0.4) is 0 Å². The Morgan fingerprint density at radius 3 is 3.05 bits per heavy atom. The number of ether oxygens (including phenoxy) is 1. The van der Waals surface area contributed by atoms with Crippen LogP contribution in [0, 0.1) is 11.3 Å². The fraction of sp³-hybridized carbons (Fsp3) is 0.533. The van der Waals surface area contributed by atoms with Crippen molar-refractivity contribution in [1.82, 2.24) is 4.90 Å². The predicted molar refractivity (Wildman–Crippen MR) is 77.9 cm³/mol. The molecule has 0 saturated heterocycles. The first-order valence-electron chi connectivity index (χ1n) is 6.83. The Bertz CT molecular complexity index is 459. The average Bonchev–Trinajstić information content (AvgIpc) is 2.83. The minimum Gasteiger partial charge on any atom is -0.493 e. The molecule has 1 aromatic rings. The Balaban J connectivity index is 1.83. The summed E-state index contributed by atoms with van der Waals surface area (Å²) in [5.74, 6) is 1.43. The van der Waals surface area contributed by atoms with Crippen LogP contribution in [0.25, 0.3) is 0 Å². The lowest BCUT2D eigenvalue weighted by molar-refractivity contribution is 0.317. The van der Waals surface area contributed by atoms with E-state index in [0.717, 1.165) is 38.3 Å². The molecule has 0 aromatic heterocycles. The number of hydrogen-bond donors (Lipinski definition) is 2. The van der Waals surface area contributed by atoms with E-state index in [-0.39, 0.29) is 11.8 Å². The molecule has 104 valence electrons. The summed E-state index contributed by atoms with van der Waals surface area (Å²) in [6.07, 6.45) is 2.05. The van der Waals surface area contributed by atoms with E-state index in [4.69, 9.17) is 15.9 Å². The SMILES string of the molecule is CC(CN(C)CCc1ccc2c(c1)CCO2)C(=N)N. The lowest BCUT2D eigenvalue weighted by Gasteiger charge is -2.20. The van der Waals surface area contributed by atoms with E-state index in [9.17, 15) is 0 Å². The van der Waals surface area contributed by atoms with Crippen LogP contribution < -0.4 is 10.5 Å². The van der Waals surface area contributed by atoms with Crippen molar-refractivity contribution in [3.63, 3.8) is 0 Å². The van der Waals surface area contributed by atoms with Gasteiger partial charge in [-0.15, -0.1) is 0 Å². The maximum Gasteiger partial charge on any atom is 0.122 e. The lowest BCUT2D eigenvalue weighted by atomic mass is 10.1. The molecule has 0 fully saturated rings. The molecule has 1 aromatic carbocycles. The van der Waals surface area contributed by atoms with Crippen molar-refractivity contribution in [2.45, 2.75) is 19.8 Å². The standard InChI is InChI=1S/C15H23N3O/c1-11(15(16)17)10-18(2)7-5-12-3-4-14-13(9-12)6-8-19-14/h3-4,9,11H,5-8,10H2,1-2H3,(H3,16,17). The summed E-state index contributed by atoms with van der Waals surface area (Å²) in [7, 11) is 2.08. The van der Waals surface area contributed by atoms with E-state index < -0.39 is 0 Å². The highest BCUT2D eigenvalue weighted by Crippen LogP contribution is 2.25. The van der Waals surface area contributed by atoms with Gasteiger partial charge in [0.2, 0.25) is 0 Å². The second kappa shape index (κ2) is 6.06. The van der Waals surface area contributed by atoms with Crippen molar-refractivity contribution in [1.29, 1.82) is 5.41 Å². The minimum absolute atomic E-state index is 0.124. The van der Waals surface area contributed by atoms with Crippen molar-refractivity contribution in [3.05, 3.63) is 29.3 Å². The maximum atomic E-state index is 7.41. The van der Waals surface area contributed by atoms with Crippen LogP contribution in [0.15, 0.2) is 18.2 Å². The largest absolute Gasteiger partial charge is 0.493 e. The molecule has 4 nitrogen and oxygen atoms in total. The second-order valence-corrected chi connectivity index (χ2v) is 5.41. The van der Waals surface area contributed by atoms with Gasteiger partial charge in [-0.2, -0.15) is 0 Å². The monoisotopic (exact) mass is 261 g/mol. The molecule has 0 bridgehead atoms. The van der Waals surface area contributed by atoms with Crippen LogP contribution in [0.2, 0.25) is 0 Å². The van der Waals surface area contributed by atoms with Gasteiger partial charge in [-0.3, -0.25) is 5.41 Å². The van der Waals surface area contributed by atoms with Gasteiger partial charge in [-0.25, -0.2) is 0 Å². The van der Waals surface area contributed by atoms with Gasteiger partial charge in [0.15, 0.2) is 0 Å². The van der Waals surface area contributed by atoms with Crippen LogP contribution >= 0.6 is 0 Å². The van der Waals surface area contributed by atoms with Crippen LogP contribution in [0.4, 0.5) is 0 Å². The Morgan fingerprint density at radius 1 is 1.53 bits per heavy atom. The fourth-order valence-electron chi connectivity index (χ4n) is 2.37. The van der Waals surface area contributed by atoms with Gasteiger partial charge in [-0.05, 0) is 30.7 Å². The number of rotatable bonds is 6. The zero-order valence-corrected chi connectivity index (χ0v) is 11.8. The molecular weight excluding hydrogens is 238 g/mol. The van der Waals surface area contributed by atoms with Crippen molar-refractivity contribution < 1.29 is 4.74 Å². The van der Waals surface area contributed by atoms with Crippen molar-refractivity contribution in [3.8, 4) is 5.75 Å². The third kappa shape index (κ3) is 3.70. The zero-order valence-electron chi connectivity index (χ0n) is 11.8. The molecule has 0 aliphatic carbocycles. The highest BCUT2D eigenvalue weighted by atomic mass is 16.5. The predicted octanol–water partition coefficient (Wildman–Crippen LogP) is 1.67. The third-order valence-corrected chi connectivity index (χ3v) is 3.65. The molecule has 0 amide bonds. The Morgan fingerprint density at radius 2 is 2.32 bits per heavy atom. The zero-order chi connectivity index (χ0) is 13.8. The first kappa shape index (κ1) is 13.9. The summed E-state index contributed by atoms with van der Waals surface area (Å²) >= 11 is 0. The molecule has 1 aliphatic heterocycles. The molecule has 4 heteroatoms. The molecule has 1 aliphatic rings. The van der Waals surface area contributed by atoms with Crippen LogP contribution in [0.1, 0.15) is 18.1 Å². The molecular formula is C15H23N3O. The molecule has 2 rings (SSSR count). The summed E-state index contributed by atoms with van der Waals surface area (Å²) in [5, 5.41) is 7.41. The number of nitrogens with two attached hydrogens (primary N) is 1. The number of benzene rings is 1. The first-order chi connectivity index (χ1) is 9.06. The molecule has 0 radical (unpaired) electrons. The van der Waals surface area contributed by atoms with E-state index in [1.54, 1.807) is 0 Å². The third-order valence-electron chi connectivity index (χ3n) is 3.65. The van der Waals surface area contributed by atoms with E-state index in [0.29, 0.717) is 0 Å². The quantitative estimate of drug-likeness (QED) is 0.605. The smallest absolute Gasteiger partial charge is 0.122 e. The van der Waals surface area contributed by atoms with Gasteiger partial charge in [0, 0.05) is 25.4 Å². The van der Waals surface area contributed by atoms with Gasteiger partial charge >= 0.3 is 0 Å². The lowest BCUT2D eigenvalue weighted by Crippen LogP contribution is -2.33. The van der Waals surface area contributed by atoms with E-state index in [1.165, 1.54) is 11.1 Å². The number of amidine groups is 1. The number of fused-ring (bicyclic) bond motifs is 1. The van der Waals surface area contributed by atoms with Crippen LogP contribution in [0.5, 0.6) is 5.75 Å². The second-order valence-electron chi connectivity index (χ2n) is 5.41. The molecule has 3 N–H and O–H groups in total. The highest BCUT2D eigenvalue weighted by Gasteiger charge is 2.13. The normalized spacial score (nSPS) is 15.1. The van der Waals surface area contributed by atoms with Crippen molar-refractivity contribution in [2.24, 2.45) is 11.7 Å². The van der Waals surface area contributed by atoms with Gasteiger partial charge in [0.1, 0.15) is 5.75 Å². The van der Waals surface area contributed by atoms with Crippen LogP contribution in [-0.2, 0) is 12.8 Å². The van der Waals surface area contributed by atoms with E-state index in [2.05, 4.69) is 30.1 Å². The molecule has 0 saturated carbocycles. The van der Waals surface area contributed by atoms with E-state index >= 15 is 0 Å². The summed E-state index contributed by atoms with van der Waals surface area (Å²) in [6, 6.07) is 6.48. The van der Waals surface area contributed by atoms with Gasteiger partial charge in [0.05, 0.1) is 12.4 Å². The summed E-state index contributed by atoms with van der Waals surface area (Å²) in [5.41, 5.74) is 8.18. The summed E-state index contributed by atoms with van der Waals surface area (Å²) in [4.78, 5) is 2.23. The number of hydrogen-bond acceptors (Lipinski definition) is 3. The molecule has 1 atom stereocenters. The number of nitrogens with zero attached hydrogens (tertiary/aromatic N) is 1. The fourth-order valence-corrected chi connectivity index (χ4v) is 2.37. The first-order valence-corrected chi connectivity index (χ1v) is 6.83. The van der Waals surface area contributed by atoms with E-state index in [1.807, 2.05) is 6.92 Å². The van der Waals surface area contributed by atoms with Gasteiger partial charge in [0.25, 0.3) is 0 Å². The Kier molecular flexibility index (Phi) is 4.43. The summed E-state index contributed by atoms with van der Waals surface area (Å²) < 4.78 is 5.51. The van der Waals surface area contributed by atoms with Gasteiger partial charge in [-0.1, -0.05) is 19.1 Å². The minimum atomic E-state index is 0.124. The Labute approximate surface area is 115 Å². The Hall–Kier alpha value is -1.55. The maximum absolute atomic E-state index is 7.41. The topological polar surface area (TPSA) is 62.3 Å². The van der Waals surface area contributed by atoms with Gasteiger partial charge < -0.3 is 15.4 Å². The highest BCUT2D eigenvalue weighted by molar-refractivity contribution is 5.79. The molecule has 19 heavy (non-hydrogen) atoms. The molecule has 1 heterocycles. The van der Waals surface area contributed by atoms with Crippen molar-refractivity contribution in [2.75, 3.05) is 26.7 Å². The molecule has 0 spiro atoms.